The zero-order chi connectivity index (χ0) is 19.7. The number of ketones is 1. The molecule has 0 saturated heterocycles. The van der Waals surface area contributed by atoms with E-state index in [0.717, 1.165) is 39.5 Å². The first-order valence-electron chi connectivity index (χ1n) is 9.45. The molecule has 0 bridgehead atoms. The Kier molecular flexibility index (Phi) is 4.70. The first kappa shape index (κ1) is 18.0. The molecule has 1 aromatic heterocycles. The number of aromatic nitrogens is 1. The van der Waals surface area contributed by atoms with Crippen molar-refractivity contribution in [3.8, 4) is 5.75 Å². The molecule has 0 aliphatic rings. The molecule has 28 heavy (non-hydrogen) atoms. The Morgan fingerprint density at radius 3 is 2.46 bits per heavy atom. The number of hydrogen-bond donors (Lipinski definition) is 0. The lowest BCUT2D eigenvalue weighted by molar-refractivity contribution is 0.103. The Balaban J connectivity index is 1.91. The van der Waals surface area contributed by atoms with Crippen LogP contribution < -0.4 is 4.84 Å². The Labute approximate surface area is 164 Å². The summed E-state index contributed by atoms with van der Waals surface area (Å²) in [7, 11) is 0. The number of carbonyl (C=O) groups is 1. The lowest BCUT2D eigenvalue weighted by atomic mass is 9.98. The molecule has 4 heteroatoms. The molecule has 4 aromatic rings. The Bertz CT molecular complexity index is 1220. The molecular weight excluding hydrogens is 348 g/mol. The third-order valence-electron chi connectivity index (χ3n) is 5.07. The van der Waals surface area contributed by atoms with Crippen LogP contribution in [0.15, 0.2) is 65.8 Å². The van der Waals surface area contributed by atoms with Crippen molar-refractivity contribution < 1.29 is 9.63 Å². The van der Waals surface area contributed by atoms with Crippen LogP contribution in [0.2, 0.25) is 0 Å². The molecule has 0 N–H and O–H groups in total. The molecule has 140 valence electrons. The highest BCUT2D eigenvalue weighted by molar-refractivity contribution is 6.15. The molecule has 3 aromatic carbocycles. The minimum absolute atomic E-state index is 0.0420. The van der Waals surface area contributed by atoms with Crippen LogP contribution in [0.3, 0.4) is 0 Å². The van der Waals surface area contributed by atoms with Crippen molar-refractivity contribution in [1.82, 2.24) is 4.57 Å². The summed E-state index contributed by atoms with van der Waals surface area (Å²) in [6.07, 6.45) is 1.61. The summed E-state index contributed by atoms with van der Waals surface area (Å²) >= 11 is 0. The van der Waals surface area contributed by atoms with E-state index in [0.29, 0.717) is 11.3 Å². The number of hydrogen-bond acceptors (Lipinski definition) is 3. The van der Waals surface area contributed by atoms with Crippen molar-refractivity contribution >= 4 is 33.8 Å². The van der Waals surface area contributed by atoms with Crippen molar-refractivity contribution in [2.75, 3.05) is 0 Å². The monoisotopic (exact) mass is 370 g/mol. The Morgan fingerprint density at radius 2 is 1.75 bits per heavy atom. The maximum absolute atomic E-state index is 13.1. The van der Waals surface area contributed by atoms with E-state index >= 15 is 0 Å². The average Bonchev–Trinajstić information content (AvgIpc) is 3.04. The van der Waals surface area contributed by atoms with Crippen molar-refractivity contribution in [1.29, 1.82) is 0 Å². The van der Waals surface area contributed by atoms with Crippen LogP contribution in [0.4, 0.5) is 0 Å². The zero-order valence-electron chi connectivity index (χ0n) is 16.3. The van der Waals surface area contributed by atoms with Crippen LogP contribution in [0, 0.1) is 6.92 Å². The predicted octanol–water partition coefficient (Wildman–Crippen LogP) is 5.74. The van der Waals surface area contributed by atoms with E-state index in [1.807, 2.05) is 74.5 Å². The molecule has 4 nitrogen and oxygen atoms in total. The van der Waals surface area contributed by atoms with Crippen LogP contribution in [0.1, 0.15) is 35.3 Å². The van der Waals surface area contributed by atoms with E-state index in [9.17, 15) is 4.79 Å². The van der Waals surface area contributed by atoms with Gasteiger partial charge in [-0.2, -0.15) is 0 Å². The number of aryl methyl sites for hydroxylation is 2. The van der Waals surface area contributed by atoms with Gasteiger partial charge in [-0.3, -0.25) is 4.79 Å². The van der Waals surface area contributed by atoms with Gasteiger partial charge in [0, 0.05) is 45.7 Å². The van der Waals surface area contributed by atoms with Crippen LogP contribution in [-0.2, 0) is 6.54 Å². The first-order valence-corrected chi connectivity index (χ1v) is 9.45. The van der Waals surface area contributed by atoms with Crippen molar-refractivity contribution in [3.63, 3.8) is 0 Å². The van der Waals surface area contributed by atoms with E-state index in [4.69, 9.17) is 4.84 Å². The molecule has 0 spiro atoms. The normalized spacial score (nSPS) is 11.5. The summed E-state index contributed by atoms with van der Waals surface area (Å²) in [6.45, 7) is 6.74. The minimum atomic E-state index is 0.0420. The van der Waals surface area contributed by atoms with Gasteiger partial charge in [0.25, 0.3) is 0 Å². The molecule has 0 saturated carbocycles. The quantitative estimate of drug-likeness (QED) is 0.255. The number of rotatable bonds is 5. The third-order valence-corrected chi connectivity index (χ3v) is 5.07. The fourth-order valence-electron chi connectivity index (χ4n) is 3.72. The Morgan fingerprint density at radius 1 is 1.04 bits per heavy atom. The second-order valence-corrected chi connectivity index (χ2v) is 6.75. The standard InChI is InChI=1S/C24H22N2O2/c1-4-25-28-18-11-13-23-21(15-18)20-14-17(10-12-22(20)26(23)5-2)24(27)19-9-7-6-8-16(19)3/h4,6-15H,5H2,1-3H3. The largest absolute Gasteiger partial charge is 0.357 e. The van der Waals surface area contributed by atoms with Gasteiger partial charge in [-0.05, 0) is 62.7 Å². The van der Waals surface area contributed by atoms with Gasteiger partial charge in [-0.25, -0.2) is 0 Å². The summed E-state index contributed by atoms with van der Waals surface area (Å²) in [5.74, 6) is 0.719. The van der Waals surface area contributed by atoms with Crippen LogP contribution in [0.5, 0.6) is 5.75 Å². The van der Waals surface area contributed by atoms with Crippen LogP contribution in [0.25, 0.3) is 21.8 Å². The average molecular weight is 370 g/mol. The van der Waals surface area contributed by atoms with Crippen molar-refractivity contribution in [2.45, 2.75) is 27.3 Å². The highest BCUT2D eigenvalue weighted by Gasteiger charge is 2.16. The van der Waals surface area contributed by atoms with E-state index in [2.05, 4.69) is 16.6 Å². The number of benzene rings is 3. The molecule has 4 rings (SSSR count). The minimum Gasteiger partial charge on any atom is -0.357 e. The second kappa shape index (κ2) is 7.31. The van der Waals surface area contributed by atoms with Crippen LogP contribution >= 0.6 is 0 Å². The summed E-state index contributed by atoms with van der Waals surface area (Å²) < 4.78 is 2.25. The molecule has 0 radical (unpaired) electrons. The topological polar surface area (TPSA) is 43.6 Å². The van der Waals surface area contributed by atoms with Gasteiger partial charge in [-0.1, -0.05) is 29.4 Å². The summed E-state index contributed by atoms with van der Waals surface area (Å²) in [5, 5.41) is 5.96. The Hall–Kier alpha value is -3.40. The van der Waals surface area contributed by atoms with Gasteiger partial charge in [0.1, 0.15) is 0 Å². The summed E-state index contributed by atoms with van der Waals surface area (Å²) in [5.41, 5.74) is 4.63. The molecule has 0 unspecified atom stereocenters. The van der Waals surface area contributed by atoms with E-state index in [-0.39, 0.29) is 5.78 Å². The fourth-order valence-corrected chi connectivity index (χ4v) is 3.72. The highest BCUT2D eigenvalue weighted by Crippen LogP contribution is 2.33. The molecule has 0 fully saturated rings. The number of oxime groups is 1. The van der Waals surface area contributed by atoms with Crippen LogP contribution in [-0.4, -0.2) is 16.6 Å². The van der Waals surface area contributed by atoms with Crippen molar-refractivity contribution in [2.24, 2.45) is 5.16 Å². The lowest BCUT2D eigenvalue weighted by Crippen LogP contribution is -2.03. The highest BCUT2D eigenvalue weighted by atomic mass is 16.6. The maximum atomic E-state index is 13.1. The van der Waals surface area contributed by atoms with Gasteiger partial charge in [0.2, 0.25) is 0 Å². The molecular formula is C24H22N2O2. The van der Waals surface area contributed by atoms with Gasteiger partial charge >= 0.3 is 0 Å². The van der Waals surface area contributed by atoms with Crippen molar-refractivity contribution in [3.05, 3.63) is 77.4 Å². The van der Waals surface area contributed by atoms with E-state index in [1.165, 1.54) is 0 Å². The molecule has 0 aliphatic heterocycles. The summed E-state index contributed by atoms with van der Waals surface area (Å²) in [4.78, 5) is 18.5. The van der Waals surface area contributed by atoms with E-state index < -0.39 is 0 Å². The second-order valence-electron chi connectivity index (χ2n) is 6.75. The van der Waals surface area contributed by atoms with Gasteiger partial charge in [0.15, 0.2) is 11.5 Å². The fraction of sp³-hybridized carbons (Fsp3) is 0.167. The zero-order valence-corrected chi connectivity index (χ0v) is 16.3. The molecule has 1 heterocycles. The lowest BCUT2D eigenvalue weighted by Gasteiger charge is -2.06. The molecule has 0 atom stereocenters. The maximum Gasteiger partial charge on any atom is 0.193 e. The summed E-state index contributed by atoms with van der Waals surface area (Å²) in [6, 6.07) is 19.6. The number of nitrogens with zero attached hydrogens (tertiary/aromatic N) is 2. The first-order chi connectivity index (χ1) is 13.6. The number of carbonyl (C=O) groups excluding carboxylic acids is 1. The predicted molar refractivity (Wildman–Crippen MR) is 115 cm³/mol. The van der Waals surface area contributed by atoms with Gasteiger partial charge in [0.05, 0.1) is 0 Å². The number of fused-ring (bicyclic) bond motifs is 3. The molecule has 0 aliphatic carbocycles. The van der Waals surface area contributed by atoms with Gasteiger partial charge < -0.3 is 9.40 Å². The third kappa shape index (κ3) is 2.97. The SMILES string of the molecule is CC=NOc1ccc2c(c1)c1cc(C(=O)c3ccccc3C)ccc1n2CC. The van der Waals surface area contributed by atoms with Gasteiger partial charge in [-0.15, -0.1) is 0 Å². The van der Waals surface area contributed by atoms with E-state index in [1.54, 1.807) is 6.21 Å². The smallest absolute Gasteiger partial charge is 0.193 e. The molecule has 0 amide bonds.